The van der Waals surface area contributed by atoms with Crippen LogP contribution in [0.25, 0.3) is 72.7 Å². The zero-order chi connectivity index (χ0) is 47.7. The zero-order valence-electron chi connectivity index (χ0n) is 42.3. The number of phenolic OH excluding ortho intramolecular Hbond substituents is 1. The van der Waals surface area contributed by atoms with Gasteiger partial charge in [-0.3, -0.25) is 9.55 Å². The van der Waals surface area contributed by atoms with Crippen LogP contribution in [0, 0.1) is 6.07 Å². The number of nitrogens with zero attached hydrogens (tertiary/aromatic N) is 3. The van der Waals surface area contributed by atoms with Crippen LogP contribution < -0.4 is 0 Å². The standard InChI is InChI=1S/C58H60N3O.Pt/c1-35(2)42-32-50(38(7)8)56(62)51(33-42)57-60-55-49(43-29-44(31-45(30-43)58(9,10)11)52-34-41(27-28-59-52)39-17-13-12-14-18-39)21-16-22-53(55)61(57)46-25-23-40(24-26-46)54-47(36(3)4)19-15-20-48(54)37(5)6;/h12-28,30-38,62H,1-11H3;/q-1;/i35D,36D,37D,38D;. The molecule has 8 rings (SSSR count). The molecule has 2 heterocycles. The number of aromatic hydroxyl groups is 1. The number of para-hydroxylation sites is 1. The molecule has 0 amide bonds. The second-order valence-corrected chi connectivity index (χ2v) is 18.4. The van der Waals surface area contributed by atoms with Gasteiger partial charge in [-0.2, -0.15) is 0 Å². The minimum Gasteiger partial charge on any atom is -0.507 e. The fourth-order valence-corrected chi connectivity index (χ4v) is 8.38. The van der Waals surface area contributed by atoms with Crippen molar-refractivity contribution >= 4 is 11.0 Å². The zero-order valence-corrected chi connectivity index (χ0v) is 40.6. The topological polar surface area (TPSA) is 50.9 Å². The summed E-state index contributed by atoms with van der Waals surface area (Å²) < 4.78 is 38.5. The Morgan fingerprint density at radius 3 is 1.86 bits per heavy atom. The van der Waals surface area contributed by atoms with E-state index in [1.165, 1.54) is 0 Å². The molecule has 5 heteroatoms. The van der Waals surface area contributed by atoms with Crippen LogP contribution in [0.4, 0.5) is 0 Å². The van der Waals surface area contributed by atoms with E-state index in [1.54, 1.807) is 19.9 Å². The summed E-state index contributed by atoms with van der Waals surface area (Å²) in [5, 5.41) is 12.3. The summed E-state index contributed by atoms with van der Waals surface area (Å²) in [6.07, 6.45) is 1.85. The molecule has 4 nitrogen and oxygen atoms in total. The molecule has 0 radical (unpaired) electrons. The fourth-order valence-electron chi connectivity index (χ4n) is 8.38. The van der Waals surface area contributed by atoms with E-state index in [2.05, 4.69) is 63.2 Å². The Kier molecular flexibility index (Phi) is 11.7. The Labute approximate surface area is 395 Å². The normalized spacial score (nSPS) is 13.5. The summed E-state index contributed by atoms with van der Waals surface area (Å²) in [5.74, 6) is -3.66. The van der Waals surface area contributed by atoms with E-state index < -0.39 is 23.6 Å². The summed E-state index contributed by atoms with van der Waals surface area (Å²) in [6, 6.07) is 46.3. The number of aromatic nitrogens is 3. The number of rotatable bonds is 10. The van der Waals surface area contributed by atoms with Gasteiger partial charge in [0.15, 0.2) is 0 Å². The van der Waals surface area contributed by atoms with Crippen molar-refractivity contribution in [1.82, 2.24) is 14.5 Å². The van der Waals surface area contributed by atoms with Gasteiger partial charge in [-0.05, 0) is 104 Å². The van der Waals surface area contributed by atoms with Gasteiger partial charge in [0.25, 0.3) is 0 Å². The van der Waals surface area contributed by atoms with Crippen LogP contribution in [-0.2, 0) is 26.5 Å². The first-order valence-electron chi connectivity index (χ1n) is 23.6. The maximum atomic E-state index is 12.3. The van der Waals surface area contributed by atoms with Crippen molar-refractivity contribution in [3.8, 4) is 67.5 Å². The number of pyridine rings is 1. The molecule has 0 bridgehead atoms. The van der Waals surface area contributed by atoms with Gasteiger partial charge in [0.1, 0.15) is 11.6 Å². The van der Waals surface area contributed by atoms with E-state index in [-0.39, 0.29) is 32.2 Å². The number of phenols is 1. The largest absolute Gasteiger partial charge is 0.507 e. The third kappa shape index (κ3) is 8.98. The van der Waals surface area contributed by atoms with E-state index in [0.717, 1.165) is 72.5 Å². The smallest absolute Gasteiger partial charge is 0.148 e. The van der Waals surface area contributed by atoms with Gasteiger partial charge in [-0.1, -0.05) is 172 Å². The van der Waals surface area contributed by atoms with Crippen LogP contribution in [0.3, 0.4) is 0 Å². The third-order valence-corrected chi connectivity index (χ3v) is 11.9. The van der Waals surface area contributed by atoms with Crippen molar-refractivity contribution < 1.29 is 31.7 Å². The molecule has 0 aliphatic rings. The summed E-state index contributed by atoms with van der Waals surface area (Å²) in [5.41, 5.74) is 13.6. The molecule has 324 valence electrons. The Hall–Kier alpha value is -5.57. The molecule has 0 saturated heterocycles. The molecule has 0 aliphatic heterocycles. The van der Waals surface area contributed by atoms with E-state index in [1.807, 2.05) is 137 Å². The van der Waals surface area contributed by atoms with Gasteiger partial charge in [-0.25, -0.2) is 4.98 Å². The quantitative estimate of drug-likeness (QED) is 0.139. The van der Waals surface area contributed by atoms with Crippen molar-refractivity contribution in [1.29, 1.82) is 0 Å². The van der Waals surface area contributed by atoms with Crippen molar-refractivity contribution in [2.45, 2.75) is 105 Å². The Morgan fingerprint density at radius 2 is 1.24 bits per heavy atom. The number of hydrogen-bond donors (Lipinski definition) is 1. The van der Waals surface area contributed by atoms with E-state index >= 15 is 0 Å². The van der Waals surface area contributed by atoms with Crippen LogP contribution in [0.1, 0.15) is 133 Å². The van der Waals surface area contributed by atoms with Crippen molar-refractivity contribution in [3.05, 3.63) is 167 Å². The number of benzene rings is 6. The van der Waals surface area contributed by atoms with Crippen LogP contribution in [-0.4, -0.2) is 19.6 Å². The van der Waals surface area contributed by atoms with Crippen molar-refractivity contribution in [2.24, 2.45) is 0 Å². The molecule has 0 unspecified atom stereocenters. The molecule has 0 saturated carbocycles. The minimum absolute atomic E-state index is 0. The molecule has 8 aromatic rings. The molecule has 63 heavy (non-hydrogen) atoms. The Bertz CT molecular complexity index is 3070. The first-order valence-corrected chi connectivity index (χ1v) is 21.6. The average Bonchev–Trinajstić information content (AvgIpc) is 3.64. The first-order chi connectivity index (χ1) is 30.8. The van der Waals surface area contributed by atoms with Gasteiger partial charge >= 0.3 is 0 Å². The van der Waals surface area contributed by atoms with Gasteiger partial charge in [0.05, 0.1) is 16.6 Å². The maximum absolute atomic E-state index is 12.3. The molecular weight excluding hydrogens is 950 g/mol. The molecule has 0 aliphatic carbocycles. The summed E-state index contributed by atoms with van der Waals surface area (Å²) in [7, 11) is 0. The van der Waals surface area contributed by atoms with Crippen molar-refractivity contribution in [3.63, 3.8) is 0 Å². The van der Waals surface area contributed by atoms with Gasteiger partial charge in [0.2, 0.25) is 0 Å². The second-order valence-electron chi connectivity index (χ2n) is 18.4. The number of imidazole rings is 1. The van der Waals surface area contributed by atoms with Gasteiger partial charge < -0.3 is 5.11 Å². The predicted molar refractivity (Wildman–Crippen MR) is 262 cm³/mol. The summed E-state index contributed by atoms with van der Waals surface area (Å²) in [4.78, 5) is 10.3. The first kappa shape index (κ1) is 40.2. The number of hydrogen-bond acceptors (Lipinski definition) is 3. The minimum atomic E-state index is -1.18. The summed E-state index contributed by atoms with van der Waals surface area (Å²) >= 11 is 0. The van der Waals surface area contributed by atoms with E-state index in [9.17, 15) is 5.11 Å². The third-order valence-electron chi connectivity index (χ3n) is 11.9. The second kappa shape index (κ2) is 18.3. The molecule has 0 spiro atoms. The van der Waals surface area contributed by atoms with E-state index in [0.29, 0.717) is 28.0 Å². The predicted octanol–water partition coefficient (Wildman–Crippen LogP) is 16.0. The summed E-state index contributed by atoms with van der Waals surface area (Å²) in [6.45, 7) is 21.2. The van der Waals surface area contributed by atoms with Gasteiger partial charge in [0, 0.05) is 44.1 Å². The van der Waals surface area contributed by atoms with Crippen molar-refractivity contribution in [2.75, 3.05) is 0 Å². The van der Waals surface area contributed by atoms with E-state index in [4.69, 9.17) is 15.5 Å². The number of fused-ring (bicyclic) bond motifs is 1. The van der Waals surface area contributed by atoms with Crippen LogP contribution in [0.5, 0.6) is 5.75 Å². The van der Waals surface area contributed by atoms with Crippen LogP contribution >= 0.6 is 0 Å². The van der Waals surface area contributed by atoms with Gasteiger partial charge in [-0.15, -0.1) is 29.3 Å². The average molecular weight is 1010 g/mol. The van der Waals surface area contributed by atoms with Crippen LogP contribution in [0.15, 0.2) is 134 Å². The molecular formula is C58H60N3OPt-. The Morgan fingerprint density at radius 1 is 0.603 bits per heavy atom. The molecule has 2 aromatic heterocycles. The maximum Gasteiger partial charge on any atom is 0.148 e. The molecule has 0 fully saturated rings. The SMILES string of the molecule is [2H]C(C)(C)c1cc(-c2nc3c(-c4[c-]c(-c5cc(-c6ccccc6)ccn5)cc(C(C)(C)C)c4)cccc3n2-c2ccc(-c3c(C([2H])(C)C)cccc3C([2H])(C)C)cc2)c(O)c(C([2H])(C)C)c1.[Pt]. The molecule has 0 atom stereocenters. The monoisotopic (exact) mass is 1010 g/mol. The fraction of sp³-hybridized carbons (Fsp3) is 0.276. The molecule has 6 aromatic carbocycles. The Balaban J connectivity index is 0.00000666. The van der Waals surface area contributed by atoms with Crippen LogP contribution in [0.2, 0.25) is 0 Å². The molecule has 1 N–H and O–H groups in total.